The van der Waals surface area contributed by atoms with E-state index in [-0.39, 0.29) is 25.7 Å². The van der Waals surface area contributed by atoms with Gasteiger partial charge in [-0.1, -0.05) is 331 Å². The number of esters is 4. The van der Waals surface area contributed by atoms with Gasteiger partial charge in [-0.15, -0.1) is 0 Å². The first kappa shape index (κ1) is 93.1. The average Bonchev–Trinajstić information content (AvgIpc) is 1.54. The lowest BCUT2D eigenvalue weighted by Crippen LogP contribution is -2.30. The van der Waals surface area contributed by atoms with Crippen molar-refractivity contribution in [3.63, 3.8) is 0 Å². The third-order valence-electron chi connectivity index (χ3n) is 17.9. The molecular weight excluding hydrogens is 1250 g/mol. The number of rotatable bonds is 73. The van der Waals surface area contributed by atoms with E-state index in [0.29, 0.717) is 25.7 Å². The van der Waals surface area contributed by atoms with Crippen molar-refractivity contribution in [3.05, 3.63) is 0 Å². The maximum Gasteiger partial charge on any atom is 0.472 e. The summed E-state index contributed by atoms with van der Waals surface area (Å²) in [7, 11) is -9.91. The minimum atomic E-state index is -4.96. The first-order chi connectivity index (χ1) is 45.6. The van der Waals surface area contributed by atoms with Crippen LogP contribution in [0, 0.1) is 23.7 Å². The Hall–Kier alpha value is -1.94. The number of carbonyl (C=O) groups excluding carboxylic acids is 4. The van der Waals surface area contributed by atoms with Gasteiger partial charge in [-0.05, 0) is 49.4 Å². The molecule has 0 amide bonds. The molecule has 0 aliphatic heterocycles. The molecule has 0 aliphatic carbocycles. The fourth-order valence-electron chi connectivity index (χ4n) is 11.5. The summed E-state index contributed by atoms with van der Waals surface area (Å²) in [6, 6.07) is 0. The van der Waals surface area contributed by atoms with Gasteiger partial charge in [0, 0.05) is 25.7 Å². The van der Waals surface area contributed by atoms with Crippen molar-refractivity contribution >= 4 is 39.5 Å². The van der Waals surface area contributed by atoms with Gasteiger partial charge in [-0.3, -0.25) is 37.3 Å². The number of unbranched alkanes of at least 4 members (excludes halogenated alkanes) is 38. The Labute approximate surface area is 581 Å². The molecule has 0 rings (SSSR count). The van der Waals surface area contributed by atoms with Gasteiger partial charge < -0.3 is 33.8 Å². The van der Waals surface area contributed by atoms with E-state index in [1.165, 1.54) is 186 Å². The van der Waals surface area contributed by atoms with E-state index in [0.717, 1.165) is 114 Å². The third kappa shape index (κ3) is 69.0. The van der Waals surface area contributed by atoms with Crippen molar-refractivity contribution < 1.29 is 80.2 Å². The standard InChI is InChI=1S/C76H148O17P2/c1-9-69(8)55-47-39-31-25-27-35-43-51-59-76(81)93-72(62-86-73(78)56-48-40-32-22-17-15-13-11-10-12-14-16-20-28-36-44-52-66(2)3)65-91-95(84,85)89-61-70(77)60-88-94(82,83)90-64-71(63-87-74(79)57-49-41-33-26-24-30-38-46-54-68(6)7)92-75(80)58-50-42-34-23-19-18-21-29-37-45-53-67(4)5/h66-72,77H,9-65H2,1-8H3,(H,82,83)(H,84,85)/t69?,70?,71-,72-/m1/s1. The first-order valence-corrected chi connectivity index (χ1v) is 42.2. The number of phosphoric acid groups is 2. The molecule has 95 heavy (non-hydrogen) atoms. The Balaban J connectivity index is 5.22. The van der Waals surface area contributed by atoms with Crippen LogP contribution in [0.2, 0.25) is 0 Å². The first-order valence-electron chi connectivity index (χ1n) is 39.2. The zero-order valence-electron chi connectivity index (χ0n) is 62.3. The second-order valence-electron chi connectivity index (χ2n) is 29.1. The molecule has 0 saturated carbocycles. The Morgan fingerprint density at radius 3 is 0.747 bits per heavy atom. The number of carbonyl (C=O) groups is 4. The number of phosphoric ester groups is 2. The van der Waals surface area contributed by atoms with Gasteiger partial charge in [0.2, 0.25) is 0 Å². The molecule has 0 saturated heterocycles. The number of aliphatic hydroxyl groups excluding tert-OH is 1. The number of hydrogen-bond acceptors (Lipinski definition) is 15. The summed E-state index contributed by atoms with van der Waals surface area (Å²) in [6.45, 7) is 14.2. The molecule has 0 radical (unpaired) electrons. The van der Waals surface area contributed by atoms with Crippen LogP contribution in [0.3, 0.4) is 0 Å². The van der Waals surface area contributed by atoms with Gasteiger partial charge >= 0.3 is 39.5 Å². The summed E-state index contributed by atoms with van der Waals surface area (Å²) in [6.07, 6.45) is 50.0. The summed E-state index contributed by atoms with van der Waals surface area (Å²) >= 11 is 0. The van der Waals surface area contributed by atoms with E-state index in [4.69, 9.17) is 37.0 Å². The number of aliphatic hydroxyl groups is 1. The minimum Gasteiger partial charge on any atom is -0.462 e. The highest BCUT2D eigenvalue weighted by atomic mass is 31.2. The number of hydrogen-bond donors (Lipinski definition) is 3. The van der Waals surface area contributed by atoms with E-state index in [9.17, 15) is 43.2 Å². The lowest BCUT2D eigenvalue weighted by atomic mass is 9.99. The molecule has 0 aromatic carbocycles. The number of ether oxygens (including phenoxy) is 4. The molecule has 17 nitrogen and oxygen atoms in total. The Bertz CT molecular complexity index is 1870. The molecule has 0 heterocycles. The molecule has 564 valence electrons. The minimum absolute atomic E-state index is 0.105. The van der Waals surface area contributed by atoms with Gasteiger partial charge in [0.05, 0.1) is 26.4 Å². The topological polar surface area (TPSA) is 237 Å². The summed E-state index contributed by atoms with van der Waals surface area (Å²) in [5.74, 6) is 0.938. The van der Waals surface area contributed by atoms with Crippen LogP contribution in [-0.2, 0) is 65.4 Å². The van der Waals surface area contributed by atoms with Crippen LogP contribution in [-0.4, -0.2) is 96.7 Å². The maximum absolute atomic E-state index is 13.1. The molecule has 3 N–H and O–H groups in total. The summed E-state index contributed by atoms with van der Waals surface area (Å²) in [5, 5.41) is 10.6. The van der Waals surface area contributed by atoms with Crippen LogP contribution in [0.5, 0.6) is 0 Å². The van der Waals surface area contributed by atoms with E-state index in [1.807, 2.05) is 0 Å². The molecule has 0 bridgehead atoms. The van der Waals surface area contributed by atoms with Crippen molar-refractivity contribution in [1.82, 2.24) is 0 Å². The predicted octanol–water partition coefficient (Wildman–Crippen LogP) is 22.0. The van der Waals surface area contributed by atoms with Gasteiger partial charge in [0.25, 0.3) is 0 Å². The molecule has 19 heteroatoms. The van der Waals surface area contributed by atoms with Crippen LogP contribution in [0.1, 0.15) is 383 Å². The highest BCUT2D eigenvalue weighted by Crippen LogP contribution is 2.45. The van der Waals surface area contributed by atoms with Gasteiger partial charge in [-0.2, -0.15) is 0 Å². The zero-order valence-corrected chi connectivity index (χ0v) is 64.1. The van der Waals surface area contributed by atoms with Crippen LogP contribution in [0.15, 0.2) is 0 Å². The molecule has 0 aromatic heterocycles. The normalized spacial score (nSPS) is 14.4. The highest BCUT2D eigenvalue weighted by molar-refractivity contribution is 7.47. The average molecular weight is 1400 g/mol. The van der Waals surface area contributed by atoms with Crippen LogP contribution in [0.4, 0.5) is 0 Å². The zero-order chi connectivity index (χ0) is 70.3. The Morgan fingerprint density at radius 2 is 0.505 bits per heavy atom. The summed E-state index contributed by atoms with van der Waals surface area (Å²) in [5.41, 5.74) is 0. The predicted molar refractivity (Wildman–Crippen MR) is 386 cm³/mol. The molecule has 6 atom stereocenters. The van der Waals surface area contributed by atoms with E-state index >= 15 is 0 Å². The van der Waals surface area contributed by atoms with Gasteiger partial charge in [-0.25, -0.2) is 9.13 Å². The maximum atomic E-state index is 13.1. The highest BCUT2D eigenvalue weighted by Gasteiger charge is 2.30. The largest absolute Gasteiger partial charge is 0.472 e. The van der Waals surface area contributed by atoms with Crippen molar-refractivity contribution in [3.8, 4) is 0 Å². The van der Waals surface area contributed by atoms with E-state index in [1.54, 1.807) is 0 Å². The monoisotopic (exact) mass is 1400 g/mol. The van der Waals surface area contributed by atoms with Crippen molar-refractivity contribution in [2.45, 2.75) is 401 Å². The van der Waals surface area contributed by atoms with Crippen LogP contribution in [0.25, 0.3) is 0 Å². The second-order valence-corrected chi connectivity index (χ2v) is 32.0. The lowest BCUT2D eigenvalue weighted by molar-refractivity contribution is -0.161. The SMILES string of the molecule is CCC(C)CCCCCCCCCCC(=O)O[C@H](COC(=O)CCCCCCCCCCCCCCCCCCC(C)C)COP(=O)(O)OCC(O)COP(=O)(O)OC[C@@H](COC(=O)CCCCCCCCCCC(C)C)OC(=O)CCCCCCCCCCCCC(C)C. The third-order valence-corrected chi connectivity index (χ3v) is 19.8. The molecule has 0 aliphatic rings. The summed E-state index contributed by atoms with van der Waals surface area (Å²) < 4.78 is 68.5. The summed E-state index contributed by atoms with van der Waals surface area (Å²) in [4.78, 5) is 72.8. The second kappa shape index (κ2) is 65.4. The molecule has 0 aromatic rings. The molecule has 0 spiro atoms. The fourth-order valence-corrected chi connectivity index (χ4v) is 13.1. The van der Waals surface area contributed by atoms with Crippen LogP contribution >= 0.6 is 15.6 Å². The van der Waals surface area contributed by atoms with Crippen molar-refractivity contribution in [1.29, 1.82) is 0 Å². The molecular formula is C76H148O17P2. The molecule has 0 fully saturated rings. The molecule has 4 unspecified atom stereocenters. The van der Waals surface area contributed by atoms with Gasteiger partial charge in [0.15, 0.2) is 12.2 Å². The lowest BCUT2D eigenvalue weighted by Gasteiger charge is -2.21. The Kier molecular flexibility index (Phi) is 64.0. The quantitative estimate of drug-likeness (QED) is 0.0222. The van der Waals surface area contributed by atoms with Crippen LogP contribution < -0.4 is 0 Å². The smallest absolute Gasteiger partial charge is 0.462 e. The van der Waals surface area contributed by atoms with Crippen molar-refractivity contribution in [2.24, 2.45) is 23.7 Å². The Morgan fingerprint density at radius 1 is 0.295 bits per heavy atom. The van der Waals surface area contributed by atoms with Gasteiger partial charge in [0.1, 0.15) is 19.3 Å². The van der Waals surface area contributed by atoms with E-state index in [2.05, 4.69) is 55.4 Å². The van der Waals surface area contributed by atoms with Crippen molar-refractivity contribution in [2.75, 3.05) is 39.6 Å². The fraction of sp³-hybridized carbons (Fsp3) is 0.947. The van der Waals surface area contributed by atoms with E-state index < -0.39 is 97.5 Å².